The third kappa shape index (κ3) is 7.94. The van der Waals surface area contributed by atoms with Gasteiger partial charge in [0.15, 0.2) is 0 Å². The summed E-state index contributed by atoms with van der Waals surface area (Å²) in [4.78, 5) is 41.6. The standard InChI is InChI=1S/C36H28N6O4/c43-35(11-5-27-1-7-31(8-2-27)41-19-17-37-25-41)45-23-29-13-15-39-33(21-29)34-22-30(14-16-40-34)24-46-36(44)12-6-28-3-9-32(10-4-28)42-20-18-38-26-42/h1-22,25-26H,23-24H2/b11-5+,12-6+. The number of hydrogen-bond acceptors (Lipinski definition) is 8. The molecule has 0 aliphatic carbocycles. The summed E-state index contributed by atoms with van der Waals surface area (Å²) in [6, 6.07) is 22.6. The van der Waals surface area contributed by atoms with Crippen molar-refractivity contribution in [3.63, 3.8) is 0 Å². The predicted octanol–water partition coefficient (Wildman–Crippen LogP) is 6.03. The van der Waals surface area contributed by atoms with Crippen LogP contribution in [0.4, 0.5) is 0 Å². The van der Waals surface area contributed by atoms with Gasteiger partial charge in [0.05, 0.1) is 24.0 Å². The van der Waals surface area contributed by atoms with Crippen LogP contribution in [0.3, 0.4) is 0 Å². The smallest absolute Gasteiger partial charge is 0.331 e. The van der Waals surface area contributed by atoms with Crippen LogP contribution in [0.15, 0.2) is 135 Å². The van der Waals surface area contributed by atoms with Gasteiger partial charge in [0.1, 0.15) is 13.2 Å². The normalized spacial score (nSPS) is 11.2. The van der Waals surface area contributed by atoms with Crippen molar-refractivity contribution in [2.45, 2.75) is 13.2 Å². The Morgan fingerprint density at radius 2 is 1.02 bits per heavy atom. The van der Waals surface area contributed by atoms with E-state index in [2.05, 4.69) is 19.9 Å². The fourth-order valence-electron chi connectivity index (χ4n) is 4.48. The highest BCUT2D eigenvalue weighted by atomic mass is 16.5. The van der Waals surface area contributed by atoms with E-state index in [1.807, 2.05) is 82.2 Å². The summed E-state index contributed by atoms with van der Waals surface area (Å²) >= 11 is 0. The minimum atomic E-state index is -0.459. The van der Waals surface area contributed by atoms with Gasteiger partial charge in [-0.1, -0.05) is 24.3 Å². The number of benzene rings is 2. The third-order valence-electron chi connectivity index (χ3n) is 6.89. The van der Waals surface area contributed by atoms with Crippen LogP contribution in [0.2, 0.25) is 0 Å². The van der Waals surface area contributed by atoms with Crippen molar-refractivity contribution >= 4 is 24.1 Å². The number of rotatable bonds is 11. The van der Waals surface area contributed by atoms with Gasteiger partial charge < -0.3 is 18.6 Å². The largest absolute Gasteiger partial charge is 0.458 e. The van der Waals surface area contributed by atoms with Gasteiger partial charge in [-0.2, -0.15) is 0 Å². The van der Waals surface area contributed by atoms with E-state index in [1.54, 1.807) is 61.7 Å². The van der Waals surface area contributed by atoms with Crippen LogP contribution in [0, 0.1) is 0 Å². The van der Waals surface area contributed by atoms with Gasteiger partial charge in [0.25, 0.3) is 0 Å². The van der Waals surface area contributed by atoms with Crippen LogP contribution in [0.5, 0.6) is 0 Å². The Bertz CT molecular complexity index is 1820. The van der Waals surface area contributed by atoms with Gasteiger partial charge in [0, 0.05) is 60.7 Å². The second-order valence-corrected chi connectivity index (χ2v) is 10.1. The number of nitrogens with zero attached hydrogens (tertiary/aromatic N) is 6. The molecule has 2 aromatic carbocycles. The monoisotopic (exact) mass is 608 g/mol. The zero-order valence-corrected chi connectivity index (χ0v) is 24.6. The molecule has 0 spiro atoms. The van der Waals surface area contributed by atoms with Crippen molar-refractivity contribution < 1.29 is 19.1 Å². The molecule has 0 aliphatic rings. The maximum Gasteiger partial charge on any atom is 0.331 e. The van der Waals surface area contributed by atoms with Crippen molar-refractivity contribution in [3.05, 3.63) is 157 Å². The van der Waals surface area contributed by atoms with Gasteiger partial charge in [-0.15, -0.1) is 0 Å². The van der Waals surface area contributed by atoms with Gasteiger partial charge in [-0.3, -0.25) is 9.97 Å². The van der Waals surface area contributed by atoms with Crippen molar-refractivity contribution in [3.8, 4) is 22.8 Å². The predicted molar refractivity (Wildman–Crippen MR) is 172 cm³/mol. The highest BCUT2D eigenvalue weighted by molar-refractivity contribution is 5.87. The van der Waals surface area contributed by atoms with Crippen LogP contribution in [-0.2, 0) is 32.3 Å². The average molecular weight is 609 g/mol. The summed E-state index contributed by atoms with van der Waals surface area (Å²) in [5, 5.41) is 0. The number of imidazole rings is 2. The molecule has 0 saturated heterocycles. The first-order valence-corrected chi connectivity index (χ1v) is 14.4. The lowest BCUT2D eigenvalue weighted by atomic mass is 10.1. The first kappa shape index (κ1) is 29.6. The van der Waals surface area contributed by atoms with E-state index >= 15 is 0 Å². The van der Waals surface area contributed by atoms with Crippen molar-refractivity contribution in [2.75, 3.05) is 0 Å². The number of esters is 2. The van der Waals surface area contributed by atoms with E-state index in [4.69, 9.17) is 9.47 Å². The molecule has 0 bridgehead atoms. The molecule has 0 N–H and O–H groups in total. The Hall–Kier alpha value is -6.42. The fourth-order valence-corrected chi connectivity index (χ4v) is 4.48. The molecule has 0 saturated carbocycles. The zero-order valence-electron chi connectivity index (χ0n) is 24.6. The van der Waals surface area contributed by atoms with Crippen LogP contribution < -0.4 is 0 Å². The lowest BCUT2D eigenvalue weighted by molar-refractivity contribution is -0.139. The molecule has 4 aromatic heterocycles. The zero-order chi connectivity index (χ0) is 31.6. The highest BCUT2D eigenvalue weighted by Crippen LogP contribution is 2.18. The molecule has 0 aliphatic heterocycles. The quantitative estimate of drug-likeness (QED) is 0.129. The second kappa shape index (κ2) is 14.4. The number of carbonyl (C=O) groups excluding carboxylic acids is 2. The Kier molecular flexibility index (Phi) is 9.26. The first-order valence-electron chi connectivity index (χ1n) is 14.4. The number of carbonyl (C=O) groups is 2. The summed E-state index contributed by atoms with van der Waals surface area (Å²) in [6.45, 7) is 0.155. The molecular formula is C36H28N6O4. The summed E-state index contributed by atoms with van der Waals surface area (Å²) in [6.07, 6.45) is 20.1. The van der Waals surface area contributed by atoms with Gasteiger partial charge >= 0.3 is 11.9 Å². The first-order chi connectivity index (χ1) is 22.6. The molecule has 226 valence electrons. The van der Waals surface area contributed by atoms with Gasteiger partial charge in [-0.05, 0) is 82.9 Å². The lowest BCUT2D eigenvalue weighted by Gasteiger charge is -2.07. The summed E-state index contributed by atoms with van der Waals surface area (Å²) in [7, 11) is 0. The minimum Gasteiger partial charge on any atom is -0.458 e. The third-order valence-corrected chi connectivity index (χ3v) is 6.89. The van der Waals surface area contributed by atoms with Crippen LogP contribution >= 0.6 is 0 Å². The second-order valence-electron chi connectivity index (χ2n) is 10.1. The molecule has 0 radical (unpaired) electrons. The van der Waals surface area contributed by atoms with E-state index in [1.165, 1.54) is 12.2 Å². The molecule has 0 unspecified atom stereocenters. The van der Waals surface area contributed by atoms with Crippen LogP contribution in [0.1, 0.15) is 22.3 Å². The maximum atomic E-state index is 12.4. The van der Waals surface area contributed by atoms with E-state index in [-0.39, 0.29) is 13.2 Å². The number of ether oxygens (including phenoxy) is 2. The lowest BCUT2D eigenvalue weighted by Crippen LogP contribution is -2.02. The van der Waals surface area contributed by atoms with Crippen molar-refractivity contribution in [1.29, 1.82) is 0 Å². The Morgan fingerprint density at radius 1 is 0.587 bits per heavy atom. The number of pyridine rings is 2. The molecule has 0 amide bonds. The van der Waals surface area contributed by atoms with Gasteiger partial charge in [0.2, 0.25) is 0 Å². The summed E-state index contributed by atoms with van der Waals surface area (Å²) in [5.41, 5.74) is 6.43. The fraction of sp³-hybridized carbons (Fsp3) is 0.0556. The SMILES string of the molecule is O=C(/C=C/c1ccc(-n2ccnc2)cc1)OCc1ccnc(-c2cc(COC(=O)/C=C/c3ccc(-n4ccnc4)cc3)ccn2)c1. The summed E-state index contributed by atoms with van der Waals surface area (Å²) in [5.74, 6) is -0.918. The van der Waals surface area contributed by atoms with Crippen LogP contribution in [-0.4, -0.2) is 41.0 Å². The van der Waals surface area contributed by atoms with E-state index in [9.17, 15) is 9.59 Å². The molecule has 6 aromatic rings. The molecule has 10 heteroatoms. The summed E-state index contributed by atoms with van der Waals surface area (Å²) < 4.78 is 14.7. The van der Waals surface area contributed by atoms with Crippen molar-refractivity contribution in [1.82, 2.24) is 29.1 Å². The topological polar surface area (TPSA) is 114 Å². The highest BCUT2D eigenvalue weighted by Gasteiger charge is 2.07. The molecule has 4 heterocycles. The molecular weight excluding hydrogens is 580 g/mol. The van der Waals surface area contributed by atoms with E-state index in [0.717, 1.165) is 33.6 Å². The van der Waals surface area contributed by atoms with E-state index in [0.29, 0.717) is 11.4 Å². The molecule has 6 rings (SSSR count). The molecule has 10 nitrogen and oxygen atoms in total. The maximum absolute atomic E-state index is 12.4. The van der Waals surface area contributed by atoms with Crippen LogP contribution in [0.25, 0.3) is 34.9 Å². The number of hydrogen-bond donors (Lipinski definition) is 0. The van der Waals surface area contributed by atoms with E-state index < -0.39 is 11.9 Å². The average Bonchev–Trinajstić information content (AvgIpc) is 3.85. The molecule has 0 atom stereocenters. The molecule has 0 fully saturated rings. The van der Waals surface area contributed by atoms with Gasteiger partial charge in [-0.25, -0.2) is 19.6 Å². The Morgan fingerprint density at radius 3 is 1.41 bits per heavy atom. The Labute approximate surface area is 265 Å². The van der Waals surface area contributed by atoms with Crippen molar-refractivity contribution in [2.24, 2.45) is 0 Å². The minimum absolute atomic E-state index is 0.0776. The molecule has 46 heavy (non-hydrogen) atoms. The number of aromatic nitrogens is 6. The Balaban J connectivity index is 0.992.